The molecule has 5 heteroatoms. The second kappa shape index (κ2) is 7.23. The first-order chi connectivity index (χ1) is 14.1. The van der Waals surface area contributed by atoms with Gasteiger partial charge >= 0.3 is 5.97 Å². The highest BCUT2D eigenvalue weighted by atomic mass is 16.5. The van der Waals surface area contributed by atoms with Crippen LogP contribution in [0.5, 0.6) is 5.75 Å². The Kier molecular flexibility index (Phi) is 4.55. The maximum atomic E-state index is 11.7. The van der Waals surface area contributed by atoms with Gasteiger partial charge in [-0.15, -0.1) is 0 Å². The molecule has 1 unspecified atom stereocenters. The van der Waals surface area contributed by atoms with Crippen molar-refractivity contribution >= 4 is 16.9 Å². The molecule has 1 aromatic heterocycles. The molecule has 2 aromatic carbocycles. The maximum Gasteiger partial charge on any atom is 0.335 e. The van der Waals surface area contributed by atoms with Crippen molar-refractivity contribution in [1.82, 2.24) is 4.57 Å². The standard InChI is InChI=1S/C24H26N2O3/c25-17-13-26-20-12-16(24(27)28)10-11-18(20)22(15-6-2-1-3-7-15)23(26)19-8-4-5-9-21(19)29-14-17/h4-5,8-12,15,17H,1-3,6-7,13-14,25H2,(H,27,28). The zero-order chi connectivity index (χ0) is 20.0. The van der Waals surface area contributed by atoms with Crippen molar-refractivity contribution in [1.29, 1.82) is 0 Å². The van der Waals surface area contributed by atoms with Crippen LogP contribution in [-0.2, 0) is 6.54 Å². The third-order valence-corrected chi connectivity index (χ3v) is 6.38. The van der Waals surface area contributed by atoms with E-state index in [1.165, 1.54) is 37.7 Å². The van der Waals surface area contributed by atoms with Crippen LogP contribution >= 0.6 is 0 Å². The summed E-state index contributed by atoms with van der Waals surface area (Å²) in [6, 6.07) is 13.5. The van der Waals surface area contributed by atoms with Crippen molar-refractivity contribution < 1.29 is 14.6 Å². The number of aromatic nitrogens is 1. The Bertz CT molecular complexity index is 1080. The highest BCUT2D eigenvalue weighted by molar-refractivity contribution is 5.98. The van der Waals surface area contributed by atoms with Crippen molar-refractivity contribution in [3.05, 3.63) is 53.6 Å². The number of carboxylic acid groups (broad SMARTS) is 1. The zero-order valence-electron chi connectivity index (χ0n) is 16.4. The molecular weight excluding hydrogens is 364 g/mol. The molecule has 1 aliphatic heterocycles. The Morgan fingerprint density at radius 3 is 2.69 bits per heavy atom. The van der Waals surface area contributed by atoms with E-state index < -0.39 is 5.97 Å². The average Bonchev–Trinajstić information content (AvgIpc) is 3.04. The lowest BCUT2D eigenvalue weighted by Gasteiger charge is -2.26. The van der Waals surface area contributed by atoms with Crippen LogP contribution in [0.15, 0.2) is 42.5 Å². The van der Waals surface area contributed by atoms with Crippen LogP contribution in [0.3, 0.4) is 0 Å². The lowest BCUT2D eigenvalue weighted by molar-refractivity contribution is 0.0697. The van der Waals surface area contributed by atoms with Crippen molar-refractivity contribution in [3.63, 3.8) is 0 Å². The number of hydrogen-bond acceptors (Lipinski definition) is 3. The van der Waals surface area contributed by atoms with Gasteiger partial charge in [0.2, 0.25) is 0 Å². The quantitative estimate of drug-likeness (QED) is 0.660. The first-order valence-electron chi connectivity index (χ1n) is 10.5. The van der Waals surface area contributed by atoms with E-state index in [1.807, 2.05) is 30.3 Å². The van der Waals surface area contributed by atoms with Crippen LogP contribution in [0, 0.1) is 0 Å². The monoisotopic (exact) mass is 390 g/mol. The predicted molar refractivity (Wildman–Crippen MR) is 114 cm³/mol. The molecule has 1 atom stereocenters. The van der Waals surface area contributed by atoms with E-state index in [9.17, 15) is 9.90 Å². The molecule has 5 nitrogen and oxygen atoms in total. The van der Waals surface area contributed by atoms with E-state index in [-0.39, 0.29) is 6.04 Å². The van der Waals surface area contributed by atoms with Gasteiger partial charge in [-0.1, -0.05) is 37.5 Å². The molecule has 2 heterocycles. The summed E-state index contributed by atoms with van der Waals surface area (Å²) >= 11 is 0. The molecular formula is C24H26N2O3. The normalized spacial score (nSPS) is 19.7. The molecule has 0 saturated heterocycles. The summed E-state index contributed by atoms with van der Waals surface area (Å²) < 4.78 is 8.31. The van der Waals surface area contributed by atoms with Gasteiger partial charge in [-0.25, -0.2) is 4.79 Å². The summed E-state index contributed by atoms with van der Waals surface area (Å²) in [5.74, 6) is 0.421. The summed E-state index contributed by atoms with van der Waals surface area (Å²) in [6.45, 7) is 1.05. The van der Waals surface area contributed by atoms with Gasteiger partial charge in [0, 0.05) is 23.0 Å². The fourth-order valence-electron chi connectivity index (χ4n) is 5.07. The van der Waals surface area contributed by atoms with Crippen molar-refractivity contribution in [2.24, 2.45) is 5.73 Å². The van der Waals surface area contributed by atoms with Crippen molar-refractivity contribution in [2.75, 3.05) is 6.61 Å². The first-order valence-corrected chi connectivity index (χ1v) is 10.5. The van der Waals surface area contributed by atoms with Gasteiger partial charge in [0.05, 0.1) is 17.3 Å². The van der Waals surface area contributed by atoms with Gasteiger partial charge in [-0.2, -0.15) is 0 Å². The lowest BCUT2D eigenvalue weighted by Crippen LogP contribution is -2.34. The first kappa shape index (κ1) is 18.3. The molecule has 150 valence electrons. The van der Waals surface area contributed by atoms with Gasteiger partial charge in [-0.3, -0.25) is 0 Å². The van der Waals surface area contributed by atoms with E-state index >= 15 is 0 Å². The van der Waals surface area contributed by atoms with Crippen molar-refractivity contribution in [2.45, 2.75) is 50.6 Å². The molecule has 29 heavy (non-hydrogen) atoms. The highest BCUT2D eigenvalue weighted by Crippen LogP contribution is 2.46. The molecule has 0 spiro atoms. The Labute approximate surface area is 170 Å². The number of nitrogens with zero attached hydrogens (tertiary/aromatic N) is 1. The SMILES string of the molecule is NC1COc2ccccc2-c2c(C3CCCCC3)c3ccc(C(=O)O)cc3n2C1. The molecule has 0 bridgehead atoms. The van der Waals surface area contributed by atoms with E-state index in [0.717, 1.165) is 27.9 Å². The van der Waals surface area contributed by atoms with Gasteiger partial charge < -0.3 is 20.1 Å². The topological polar surface area (TPSA) is 77.5 Å². The highest BCUT2D eigenvalue weighted by Gasteiger charge is 2.30. The van der Waals surface area contributed by atoms with Gasteiger partial charge in [0.1, 0.15) is 12.4 Å². The summed E-state index contributed by atoms with van der Waals surface area (Å²) in [5.41, 5.74) is 11.2. The number of benzene rings is 2. The maximum absolute atomic E-state index is 11.7. The zero-order valence-corrected chi connectivity index (χ0v) is 16.4. The molecule has 2 aliphatic rings. The number of fused-ring (bicyclic) bond motifs is 5. The van der Waals surface area contributed by atoms with E-state index in [4.69, 9.17) is 10.5 Å². The fourth-order valence-corrected chi connectivity index (χ4v) is 5.07. The Morgan fingerprint density at radius 1 is 1.10 bits per heavy atom. The fraction of sp³-hybridized carbons (Fsp3) is 0.375. The number of hydrogen-bond donors (Lipinski definition) is 2. The van der Waals surface area contributed by atoms with Crippen LogP contribution in [0.4, 0.5) is 0 Å². The Morgan fingerprint density at radius 2 is 1.90 bits per heavy atom. The smallest absolute Gasteiger partial charge is 0.335 e. The number of nitrogens with two attached hydrogens (primary N) is 1. The number of carbonyl (C=O) groups is 1. The molecule has 0 radical (unpaired) electrons. The molecule has 1 fully saturated rings. The van der Waals surface area contributed by atoms with Crippen LogP contribution in [0.2, 0.25) is 0 Å². The number of rotatable bonds is 2. The largest absolute Gasteiger partial charge is 0.491 e. The van der Waals surface area contributed by atoms with E-state index in [2.05, 4.69) is 10.6 Å². The molecule has 1 saturated carbocycles. The molecule has 3 N–H and O–H groups in total. The molecule has 1 aliphatic carbocycles. The van der Waals surface area contributed by atoms with Crippen LogP contribution in [0.1, 0.15) is 53.9 Å². The van der Waals surface area contributed by atoms with Crippen LogP contribution in [0.25, 0.3) is 22.2 Å². The second-order valence-electron chi connectivity index (χ2n) is 8.31. The summed E-state index contributed by atoms with van der Waals surface area (Å²) in [7, 11) is 0. The van der Waals surface area contributed by atoms with Crippen LogP contribution < -0.4 is 10.5 Å². The Hall–Kier alpha value is -2.79. The third kappa shape index (κ3) is 3.10. The van der Waals surface area contributed by atoms with Gasteiger partial charge in [0.25, 0.3) is 0 Å². The second-order valence-corrected chi connectivity index (χ2v) is 8.31. The minimum Gasteiger partial charge on any atom is -0.491 e. The van der Waals surface area contributed by atoms with Crippen molar-refractivity contribution in [3.8, 4) is 17.0 Å². The number of para-hydroxylation sites is 1. The van der Waals surface area contributed by atoms with Gasteiger partial charge in [0.15, 0.2) is 0 Å². The van der Waals surface area contributed by atoms with E-state index in [1.54, 1.807) is 6.07 Å². The number of ether oxygens (including phenoxy) is 1. The average molecular weight is 390 g/mol. The van der Waals surface area contributed by atoms with Crippen LogP contribution in [-0.4, -0.2) is 28.3 Å². The minimum atomic E-state index is -0.902. The predicted octanol–water partition coefficient (Wildman–Crippen LogP) is 4.77. The summed E-state index contributed by atoms with van der Waals surface area (Å²) in [4.78, 5) is 11.7. The number of aromatic carboxylic acids is 1. The number of carboxylic acids is 1. The molecule has 3 aromatic rings. The van der Waals surface area contributed by atoms with Gasteiger partial charge in [-0.05, 0) is 48.6 Å². The summed E-state index contributed by atoms with van der Waals surface area (Å²) in [5, 5.41) is 10.7. The third-order valence-electron chi connectivity index (χ3n) is 6.38. The Balaban J connectivity index is 1.85. The lowest BCUT2D eigenvalue weighted by atomic mass is 9.81. The molecule has 0 amide bonds. The van der Waals surface area contributed by atoms with E-state index in [0.29, 0.717) is 24.6 Å². The summed E-state index contributed by atoms with van der Waals surface area (Å²) in [6.07, 6.45) is 6.10. The minimum absolute atomic E-state index is 0.162. The molecule has 5 rings (SSSR count).